The van der Waals surface area contributed by atoms with Crippen LogP contribution in [-0.2, 0) is 11.2 Å². The fourth-order valence-corrected chi connectivity index (χ4v) is 3.11. The number of rotatable bonds is 9. The normalized spacial score (nSPS) is 10.4. The van der Waals surface area contributed by atoms with Crippen molar-refractivity contribution in [2.24, 2.45) is 0 Å². The molecule has 2 N–H and O–H groups in total. The number of hydrogen-bond acceptors (Lipinski definition) is 3. The van der Waals surface area contributed by atoms with Gasteiger partial charge in [-0.05, 0) is 68.1 Å². The van der Waals surface area contributed by atoms with Crippen LogP contribution in [0, 0.1) is 13.8 Å². The highest BCUT2D eigenvalue weighted by atomic mass is 16.5. The van der Waals surface area contributed by atoms with Crippen molar-refractivity contribution in [1.29, 1.82) is 0 Å². The topological polar surface area (TPSA) is 50.4 Å². The highest BCUT2D eigenvalue weighted by Gasteiger charge is 2.05. The van der Waals surface area contributed by atoms with E-state index in [2.05, 4.69) is 41.0 Å². The van der Waals surface area contributed by atoms with Crippen molar-refractivity contribution < 1.29 is 9.53 Å². The molecule has 3 aromatic carbocycles. The molecule has 0 fully saturated rings. The molecule has 1 amide bonds. The summed E-state index contributed by atoms with van der Waals surface area (Å²) < 4.78 is 5.80. The lowest BCUT2D eigenvalue weighted by Gasteiger charge is -2.11. The lowest BCUT2D eigenvalue weighted by molar-refractivity contribution is -0.114. The zero-order chi connectivity index (χ0) is 20.5. The molecule has 0 aromatic heterocycles. The van der Waals surface area contributed by atoms with Crippen molar-refractivity contribution >= 4 is 17.3 Å². The molecule has 0 bridgehead atoms. The van der Waals surface area contributed by atoms with E-state index in [1.165, 1.54) is 11.1 Å². The van der Waals surface area contributed by atoms with Crippen LogP contribution in [0.1, 0.15) is 23.1 Å². The first kappa shape index (κ1) is 20.5. The second kappa shape index (κ2) is 10.3. The van der Waals surface area contributed by atoms with E-state index >= 15 is 0 Å². The summed E-state index contributed by atoms with van der Waals surface area (Å²) in [5.41, 5.74) is 5.31. The molecule has 0 saturated carbocycles. The van der Waals surface area contributed by atoms with Crippen LogP contribution in [0.15, 0.2) is 72.8 Å². The molecule has 0 aliphatic heterocycles. The van der Waals surface area contributed by atoms with Crippen LogP contribution in [0.5, 0.6) is 5.75 Å². The molecule has 3 rings (SSSR count). The highest BCUT2D eigenvalue weighted by Crippen LogP contribution is 2.17. The van der Waals surface area contributed by atoms with E-state index in [4.69, 9.17) is 4.74 Å². The molecule has 0 spiro atoms. The zero-order valence-corrected chi connectivity index (χ0v) is 17.1. The molecule has 4 nitrogen and oxygen atoms in total. The van der Waals surface area contributed by atoms with Crippen LogP contribution >= 0.6 is 0 Å². The average molecular weight is 389 g/mol. The van der Waals surface area contributed by atoms with Crippen LogP contribution in [-0.4, -0.2) is 19.1 Å². The maximum atomic E-state index is 12.2. The van der Waals surface area contributed by atoms with Gasteiger partial charge in [0.05, 0.1) is 13.2 Å². The molecule has 29 heavy (non-hydrogen) atoms. The fraction of sp³-hybridized carbons (Fsp3) is 0.240. The Balaban J connectivity index is 1.39. The lowest BCUT2D eigenvalue weighted by Crippen LogP contribution is -2.22. The number of carbonyl (C=O) groups is 1. The average Bonchev–Trinajstić information content (AvgIpc) is 2.73. The molecule has 0 saturated heterocycles. The number of carbonyl (C=O) groups excluding carboxylic acids is 1. The van der Waals surface area contributed by atoms with E-state index in [0.29, 0.717) is 6.61 Å². The summed E-state index contributed by atoms with van der Waals surface area (Å²) in [7, 11) is 0. The SMILES string of the molecule is Cc1ccc(NC(=O)CNc2ccc(OCCCc3ccccc3)cc2)c(C)c1. The standard InChI is InChI=1S/C25H28N2O2/c1-19-10-15-24(20(2)17-19)27-25(28)18-26-22-11-13-23(14-12-22)29-16-6-9-21-7-4-3-5-8-21/h3-5,7-8,10-15,17,26H,6,9,16,18H2,1-2H3,(H,27,28). The summed E-state index contributed by atoms with van der Waals surface area (Å²) in [6.07, 6.45) is 1.98. The Bertz CT molecular complexity index is 921. The van der Waals surface area contributed by atoms with Crippen molar-refractivity contribution in [2.45, 2.75) is 26.7 Å². The molecule has 0 atom stereocenters. The quantitative estimate of drug-likeness (QED) is 0.485. The number of ether oxygens (including phenoxy) is 1. The first-order chi connectivity index (χ1) is 14.1. The van der Waals surface area contributed by atoms with Gasteiger partial charge in [0, 0.05) is 11.4 Å². The summed E-state index contributed by atoms with van der Waals surface area (Å²) in [5, 5.41) is 6.08. The monoisotopic (exact) mass is 388 g/mol. The van der Waals surface area contributed by atoms with Gasteiger partial charge in [-0.2, -0.15) is 0 Å². The van der Waals surface area contributed by atoms with E-state index in [0.717, 1.165) is 35.5 Å². The fourth-order valence-electron chi connectivity index (χ4n) is 3.11. The molecule has 150 valence electrons. The predicted octanol–water partition coefficient (Wildman–Crippen LogP) is 5.37. The lowest BCUT2D eigenvalue weighted by atomic mass is 10.1. The van der Waals surface area contributed by atoms with Crippen molar-refractivity contribution in [3.63, 3.8) is 0 Å². The Morgan fingerprint density at radius 2 is 1.69 bits per heavy atom. The number of benzene rings is 3. The van der Waals surface area contributed by atoms with Crippen molar-refractivity contribution in [3.05, 3.63) is 89.5 Å². The first-order valence-corrected chi connectivity index (χ1v) is 9.98. The largest absolute Gasteiger partial charge is 0.494 e. The third-order valence-electron chi connectivity index (χ3n) is 4.68. The van der Waals surface area contributed by atoms with Gasteiger partial charge < -0.3 is 15.4 Å². The van der Waals surface area contributed by atoms with Gasteiger partial charge in [0.1, 0.15) is 5.75 Å². The van der Waals surface area contributed by atoms with E-state index < -0.39 is 0 Å². The first-order valence-electron chi connectivity index (χ1n) is 9.98. The molecule has 0 unspecified atom stereocenters. The van der Waals surface area contributed by atoms with Gasteiger partial charge in [-0.1, -0.05) is 48.0 Å². The minimum absolute atomic E-state index is 0.0711. The number of anilines is 2. The molecular formula is C25H28N2O2. The van der Waals surface area contributed by atoms with Gasteiger partial charge in [-0.15, -0.1) is 0 Å². The van der Waals surface area contributed by atoms with Crippen LogP contribution in [0.25, 0.3) is 0 Å². The van der Waals surface area contributed by atoms with E-state index in [1.54, 1.807) is 0 Å². The predicted molar refractivity (Wildman–Crippen MR) is 120 cm³/mol. The van der Waals surface area contributed by atoms with Crippen molar-refractivity contribution in [2.75, 3.05) is 23.8 Å². The Morgan fingerprint density at radius 1 is 0.931 bits per heavy atom. The Morgan fingerprint density at radius 3 is 2.41 bits per heavy atom. The summed E-state index contributed by atoms with van der Waals surface area (Å²) >= 11 is 0. The Hall–Kier alpha value is -3.27. The maximum Gasteiger partial charge on any atom is 0.243 e. The Kier molecular flexibility index (Phi) is 7.28. The van der Waals surface area contributed by atoms with Gasteiger partial charge in [0.15, 0.2) is 0 Å². The number of amides is 1. The maximum absolute atomic E-state index is 12.2. The Labute approximate surface area is 172 Å². The molecule has 0 aliphatic rings. The smallest absolute Gasteiger partial charge is 0.243 e. The molecule has 4 heteroatoms. The number of hydrogen-bond donors (Lipinski definition) is 2. The molecule has 0 aliphatic carbocycles. The van der Waals surface area contributed by atoms with E-state index in [9.17, 15) is 4.79 Å². The van der Waals surface area contributed by atoms with Crippen LogP contribution < -0.4 is 15.4 Å². The summed E-state index contributed by atoms with van der Waals surface area (Å²) in [5.74, 6) is 0.765. The molecule has 0 heterocycles. The molecule has 3 aromatic rings. The van der Waals surface area contributed by atoms with Gasteiger partial charge in [-0.3, -0.25) is 4.79 Å². The molecule has 0 radical (unpaired) electrons. The number of nitrogens with one attached hydrogen (secondary N) is 2. The van der Waals surface area contributed by atoms with Crippen molar-refractivity contribution in [3.8, 4) is 5.75 Å². The van der Waals surface area contributed by atoms with Gasteiger partial charge in [-0.25, -0.2) is 0 Å². The van der Waals surface area contributed by atoms with E-state index in [1.807, 2.05) is 56.3 Å². The summed E-state index contributed by atoms with van der Waals surface area (Å²) in [6, 6.07) is 24.1. The highest BCUT2D eigenvalue weighted by molar-refractivity contribution is 5.94. The minimum atomic E-state index is -0.0711. The second-order valence-electron chi connectivity index (χ2n) is 7.18. The number of aryl methyl sites for hydroxylation is 3. The van der Waals surface area contributed by atoms with Gasteiger partial charge in [0.2, 0.25) is 5.91 Å². The summed E-state index contributed by atoms with van der Waals surface area (Å²) in [4.78, 5) is 12.2. The van der Waals surface area contributed by atoms with Crippen molar-refractivity contribution in [1.82, 2.24) is 0 Å². The van der Waals surface area contributed by atoms with E-state index in [-0.39, 0.29) is 12.5 Å². The minimum Gasteiger partial charge on any atom is -0.494 e. The second-order valence-corrected chi connectivity index (χ2v) is 7.18. The van der Waals surface area contributed by atoms with Gasteiger partial charge in [0.25, 0.3) is 0 Å². The molecular weight excluding hydrogens is 360 g/mol. The van der Waals surface area contributed by atoms with Crippen LogP contribution in [0.2, 0.25) is 0 Å². The van der Waals surface area contributed by atoms with Crippen LogP contribution in [0.4, 0.5) is 11.4 Å². The van der Waals surface area contributed by atoms with Crippen LogP contribution in [0.3, 0.4) is 0 Å². The van der Waals surface area contributed by atoms with Gasteiger partial charge >= 0.3 is 0 Å². The summed E-state index contributed by atoms with van der Waals surface area (Å²) in [6.45, 7) is 4.93. The third kappa shape index (κ3) is 6.68. The third-order valence-corrected chi connectivity index (χ3v) is 4.68. The zero-order valence-electron chi connectivity index (χ0n) is 17.1.